The Hall–Kier alpha value is -2.24. The number of hydrogen-bond acceptors (Lipinski definition) is 6. The maximum absolute atomic E-state index is 5.74. The zero-order chi connectivity index (χ0) is 15.6. The van der Waals surface area contributed by atoms with Gasteiger partial charge in [0.05, 0.1) is 12.8 Å². The van der Waals surface area contributed by atoms with Crippen molar-refractivity contribution in [3.63, 3.8) is 0 Å². The largest absolute Gasteiger partial charge is 0.476 e. The Labute approximate surface area is 136 Å². The van der Waals surface area contributed by atoms with Crippen molar-refractivity contribution in [1.82, 2.24) is 19.9 Å². The fraction of sp³-hybridized carbons (Fsp3) is 0.529. The summed E-state index contributed by atoms with van der Waals surface area (Å²) in [6, 6.07) is 2.10. The molecule has 1 unspecified atom stereocenters. The van der Waals surface area contributed by atoms with E-state index in [2.05, 4.69) is 32.8 Å². The lowest BCUT2D eigenvalue weighted by molar-refractivity contribution is 0.251. The predicted octanol–water partition coefficient (Wildman–Crippen LogP) is 2.36. The van der Waals surface area contributed by atoms with Crippen LogP contribution in [0.15, 0.2) is 24.7 Å². The first-order valence-electron chi connectivity index (χ1n) is 8.27. The summed E-state index contributed by atoms with van der Waals surface area (Å²) in [7, 11) is 0. The van der Waals surface area contributed by atoms with Crippen molar-refractivity contribution in [2.75, 3.05) is 24.6 Å². The smallest absolute Gasteiger partial charge is 0.232 e. The SMILES string of the molecule is Cc1cc(N2CCC(COc3cnccn3)C2)nc(C2CC2)n1. The van der Waals surface area contributed by atoms with Gasteiger partial charge in [-0.3, -0.25) is 4.98 Å². The third kappa shape index (κ3) is 3.41. The van der Waals surface area contributed by atoms with Gasteiger partial charge in [-0.1, -0.05) is 0 Å². The van der Waals surface area contributed by atoms with Gasteiger partial charge >= 0.3 is 0 Å². The topological polar surface area (TPSA) is 64.0 Å². The lowest BCUT2D eigenvalue weighted by atomic mass is 10.1. The fourth-order valence-electron chi connectivity index (χ4n) is 3.00. The molecule has 3 heterocycles. The van der Waals surface area contributed by atoms with Gasteiger partial charge in [0.15, 0.2) is 0 Å². The second-order valence-electron chi connectivity index (χ2n) is 6.46. The molecule has 1 aliphatic carbocycles. The molecule has 2 aromatic rings. The van der Waals surface area contributed by atoms with Gasteiger partial charge in [-0.05, 0) is 26.2 Å². The Balaban J connectivity index is 1.38. The van der Waals surface area contributed by atoms with E-state index in [1.54, 1.807) is 18.6 Å². The van der Waals surface area contributed by atoms with Crippen molar-refractivity contribution in [3.8, 4) is 5.88 Å². The van der Waals surface area contributed by atoms with Gasteiger partial charge in [0, 0.05) is 49.1 Å². The highest BCUT2D eigenvalue weighted by Gasteiger charge is 2.29. The Morgan fingerprint density at radius 2 is 2.13 bits per heavy atom. The number of ether oxygens (including phenoxy) is 1. The molecule has 0 N–H and O–H groups in total. The molecule has 6 nitrogen and oxygen atoms in total. The first kappa shape index (κ1) is 14.4. The Morgan fingerprint density at radius 3 is 2.91 bits per heavy atom. The van der Waals surface area contributed by atoms with E-state index >= 15 is 0 Å². The second-order valence-corrected chi connectivity index (χ2v) is 6.46. The highest BCUT2D eigenvalue weighted by molar-refractivity contribution is 5.41. The van der Waals surface area contributed by atoms with Crippen LogP contribution in [0, 0.1) is 12.8 Å². The van der Waals surface area contributed by atoms with Crippen LogP contribution in [0.4, 0.5) is 5.82 Å². The van der Waals surface area contributed by atoms with E-state index in [9.17, 15) is 0 Å². The zero-order valence-electron chi connectivity index (χ0n) is 13.4. The molecule has 0 amide bonds. The molecule has 1 atom stereocenters. The molecule has 120 valence electrons. The number of anilines is 1. The van der Waals surface area contributed by atoms with Crippen LogP contribution < -0.4 is 9.64 Å². The minimum absolute atomic E-state index is 0.497. The quantitative estimate of drug-likeness (QED) is 0.844. The van der Waals surface area contributed by atoms with Crippen LogP contribution in [0.25, 0.3) is 0 Å². The summed E-state index contributed by atoms with van der Waals surface area (Å²) in [4.78, 5) is 19.9. The summed E-state index contributed by atoms with van der Waals surface area (Å²) in [5.74, 6) is 3.78. The fourth-order valence-corrected chi connectivity index (χ4v) is 3.00. The van der Waals surface area contributed by atoms with E-state index in [0.717, 1.165) is 36.8 Å². The summed E-state index contributed by atoms with van der Waals surface area (Å²) in [5, 5.41) is 0. The molecule has 23 heavy (non-hydrogen) atoms. The van der Waals surface area contributed by atoms with Crippen LogP contribution in [0.3, 0.4) is 0 Å². The molecule has 6 heteroatoms. The van der Waals surface area contributed by atoms with Gasteiger partial charge in [0.25, 0.3) is 0 Å². The summed E-state index contributed by atoms with van der Waals surface area (Å²) in [6.07, 6.45) is 8.54. The molecule has 1 saturated carbocycles. The van der Waals surface area contributed by atoms with Crippen molar-refractivity contribution in [2.24, 2.45) is 5.92 Å². The molecule has 1 aliphatic heterocycles. The van der Waals surface area contributed by atoms with Crippen LogP contribution in [0.1, 0.15) is 36.7 Å². The lowest BCUT2D eigenvalue weighted by Crippen LogP contribution is -2.23. The van der Waals surface area contributed by atoms with Gasteiger partial charge in [0.1, 0.15) is 11.6 Å². The standard InChI is InChI=1S/C17H21N5O/c1-12-8-15(21-17(20-12)14-2-3-14)22-7-4-13(10-22)11-23-16-9-18-5-6-19-16/h5-6,8-9,13-14H,2-4,7,10-11H2,1H3. The van der Waals surface area contributed by atoms with E-state index in [-0.39, 0.29) is 0 Å². The van der Waals surface area contributed by atoms with Crippen LogP contribution in [0.5, 0.6) is 5.88 Å². The summed E-state index contributed by atoms with van der Waals surface area (Å²) in [5.41, 5.74) is 1.07. The van der Waals surface area contributed by atoms with E-state index in [4.69, 9.17) is 9.72 Å². The van der Waals surface area contributed by atoms with Crippen LogP contribution in [-0.2, 0) is 0 Å². The van der Waals surface area contributed by atoms with E-state index in [1.165, 1.54) is 12.8 Å². The third-order valence-corrected chi connectivity index (χ3v) is 4.42. The maximum atomic E-state index is 5.74. The molecule has 0 spiro atoms. The first-order valence-corrected chi connectivity index (χ1v) is 8.27. The summed E-state index contributed by atoms with van der Waals surface area (Å²) < 4.78 is 5.74. The normalized spacial score (nSPS) is 20.7. The molecule has 2 aromatic heterocycles. The van der Waals surface area contributed by atoms with E-state index in [0.29, 0.717) is 24.3 Å². The first-order chi connectivity index (χ1) is 11.3. The van der Waals surface area contributed by atoms with Crippen molar-refractivity contribution in [3.05, 3.63) is 36.2 Å². The number of aryl methyl sites for hydroxylation is 1. The highest BCUT2D eigenvalue weighted by atomic mass is 16.5. The van der Waals surface area contributed by atoms with Crippen molar-refractivity contribution in [1.29, 1.82) is 0 Å². The molecule has 1 saturated heterocycles. The predicted molar refractivity (Wildman–Crippen MR) is 86.6 cm³/mol. The molecule has 0 aromatic carbocycles. The Morgan fingerprint density at radius 1 is 1.22 bits per heavy atom. The number of rotatable bonds is 5. The van der Waals surface area contributed by atoms with Gasteiger partial charge in [-0.2, -0.15) is 0 Å². The van der Waals surface area contributed by atoms with Crippen LogP contribution in [-0.4, -0.2) is 39.6 Å². The van der Waals surface area contributed by atoms with Gasteiger partial charge in [-0.25, -0.2) is 15.0 Å². The average Bonchev–Trinajstić information content (AvgIpc) is 3.32. The zero-order valence-corrected chi connectivity index (χ0v) is 13.4. The minimum atomic E-state index is 0.497. The van der Waals surface area contributed by atoms with Crippen LogP contribution >= 0.6 is 0 Å². The van der Waals surface area contributed by atoms with Gasteiger partial charge in [-0.15, -0.1) is 0 Å². The molecule has 2 fully saturated rings. The van der Waals surface area contributed by atoms with Crippen LogP contribution in [0.2, 0.25) is 0 Å². The number of aromatic nitrogens is 4. The Bertz CT molecular complexity index is 674. The molecule has 4 rings (SSSR count). The highest BCUT2D eigenvalue weighted by Crippen LogP contribution is 2.39. The van der Waals surface area contributed by atoms with E-state index < -0.39 is 0 Å². The van der Waals surface area contributed by atoms with E-state index in [1.807, 2.05) is 0 Å². The van der Waals surface area contributed by atoms with Crippen molar-refractivity contribution < 1.29 is 4.74 Å². The second kappa shape index (κ2) is 6.10. The number of nitrogens with zero attached hydrogens (tertiary/aromatic N) is 5. The lowest BCUT2D eigenvalue weighted by Gasteiger charge is -2.18. The maximum Gasteiger partial charge on any atom is 0.232 e. The van der Waals surface area contributed by atoms with Gasteiger partial charge < -0.3 is 9.64 Å². The Kier molecular flexibility index (Phi) is 3.81. The number of hydrogen-bond donors (Lipinski definition) is 0. The molecule has 0 radical (unpaired) electrons. The van der Waals surface area contributed by atoms with Crippen molar-refractivity contribution >= 4 is 5.82 Å². The minimum Gasteiger partial charge on any atom is -0.476 e. The summed E-state index contributed by atoms with van der Waals surface area (Å²) in [6.45, 7) is 4.73. The molecular formula is C17H21N5O. The molecule has 0 bridgehead atoms. The third-order valence-electron chi connectivity index (χ3n) is 4.42. The van der Waals surface area contributed by atoms with Gasteiger partial charge in [0.2, 0.25) is 5.88 Å². The molecule has 2 aliphatic rings. The summed E-state index contributed by atoms with van der Waals surface area (Å²) >= 11 is 0. The molecular weight excluding hydrogens is 290 g/mol. The monoisotopic (exact) mass is 311 g/mol. The van der Waals surface area contributed by atoms with Crippen molar-refractivity contribution in [2.45, 2.75) is 32.1 Å². The average molecular weight is 311 g/mol.